The van der Waals surface area contributed by atoms with Gasteiger partial charge < -0.3 is 9.73 Å². The molecular weight excluding hydrogens is 412 g/mol. The molecule has 9 heteroatoms. The normalized spacial score (nSPS) is 12.4. The predicted molar refractivity (Wildman–Crippen MR) is 112 cm³/mol. The number of aryl methyl sites for hydroxylation is 1. The largest absolute Gasteiger partial charge is 0.464 e. The lowest BCUT2D eigenvalue weighted by atomic mass is 10.1. The zero-order valence-electron chi connectivity index (χ0n) is 16.5. The van der Waals surface area contributed by atoms with Crippen LogP contribution in [0.25, 0.3) is 0 Å². The van der Waals surface area contributed by atoms with E-state index < -0.39 is 23.4 Å². The number of aromatic nitrogens is 2. The zero-order valence-corrected chi connectivity index (χ0v) is 18.0. The van der Waals surface area contributed by atoms with Gasteiger partial charge in [-0.05, 0) is 63.5 Å². The van der Waals surface area contributed by atoms with E-state index in [1.807, 2.05) is 20.8 Å². The van der Waals surface area contributed by atoms with Crippen LogP contribution in [0.2, 0.25) is 5.02 Å². The van der Waals surface area contributed by atoms with Gasteiger partial charge in [0.15, 0.2) is 11.7 Å². The van der Waals surface area contributed by atoms with Crippen molar-refractivity contribution in [2.45, 2.75) is 39.3 Å². The highest BCUT2D eigenvalue weighted by Crippen LogP contribution is 2.35. The number of furan rings is 1. The highest BCUT2D eigenvalue weighted by Gasteiger charge is 2.38. The smallest absolute Gasteiger partial charge is 0.280 e. The third-order valence-corrected chi connectivity index (χ3v) is 4.77. The summed E-state index contributed by atoms with van der Waals surface area (Å²) in [5.74, 6) is 0.0365. The number of benzene rings is 1. The molecule has 2 aromatic heterocycles. The molecule has 0 radical (unpaired) electrons. The van der Waals surface area contributed by atoms with Crippen molar-refractivity contribution in [3.8, 4) is 0 Å². The summed E-state index contributed by atoms with van der Waals surface area (Å²) in [6.07, 6.45) is 0. The van der Waals surface area contributed by atoms with Crippen LogP contribution in [-0.2, 0) is 4.79 Å². The number of amides is 2. The number of carbonyl (C=O) groups excluding carboxylic acids is 2. The Labute approximate surface area is 177 Å². The van der Waals surface area contributed by atoms with Crippen LogP contribution in [0.3, 0.4) is 0 Å². The van der Waals surface area contributed by atoms with Crippen molar-refractivity contribution in [1.82, 2.24) is 14.9 Å². The minimum Gasteiger partial charge on any atom is -0.464 e. The van der Waals surface area contributed by atoms with Gasteiger partial charge in [-0.15, -0.1) is 5.10 Å². The van der Waals surface area contributed by atoms with Crippen LogP contribution in [0, 0.1) is 6.92 Å². The Morgan fingerprint density at radius 1 is 1.21 bits per heavy atom. The van der Waals surface area contributed by atoms with Gasteiger partial charge in [-0.1, -0.05) is 28.2 Å². The molecule has 0 aliphatic rings. The zero-order chi connectivity index (χ0) is 21.2. The summed E-state index contributed by atoms with van der Waals surface area (Å²) in [5.41, 5.74) is -0.0315. The second-order valence-electron chi connectivity index (χ2n) is 7.51. The highest BCUT2D eigenvalue weighted by molar-refractivity contribution is 7.03. The van der Waals surface area contributed by atoms with Crippen molar-refractivity contribution < 1.29 is 14.0 Å². The summed E-state index contributed by atoms with van der Waals surface area (Å²) in [5, 5.41) is 8.65. The van der Waals surface area contributed by atoms with Gasteiger partial charge in [-0.25, -0.2) is 0 Å². The maximum absolute atomic E-state index is 13.4. The number of rotatable bonds is 5. The monoisotopic (exact) mass is 432 g/mol. The van der Waals surface area contributed by atoms with Crippen molar-refractivity contribution in [3.63, 3.8) is 0 Å². The Kier molecular flexibility index (Phi) is 6.04. The summed E-state index contributed by atoms with van der Waals surface area (Å²) in [7, 11) is 0. The van der Waals surface area contributed by atoms with Crippen molar-refractivity contribution in [2.75, 3.05) is 4.90 Å². The second-order valence-corrected chi connectivity index (χ2v) is 8.52. The molecule has 152 valence electrons. The summed E-state index contributed by atoms with van der Waals surface area (Å²) in [6, 6.07) is 9.16. The maximum atomic E-state index is 13.4. The summed E-state index contributed by atoms with van der Waals surface area (Å²) < 4.78 is 9.53. The van der Waals surface area contributed by atoms with E-state index in [0.29, 0.717) is 22.2 Å². The molecule has 0 saturated heterocycles. The molecule has 7 nitrogen and oxygen atoms in total. The number of para-hydroxylation sites is 1. The van der Waals surface area contributed by atoms with Crippen LogP contribution in [0.5, 0.6) is 0 Å². The van der Waals surface area contributed by atoms with Gasteiger partial charge >= 0.3 is 0 Å². The van der Waals surface area contributed by atoms with E-state index in [-0.39, 0.29) is 5.69 Å². The SMILES string of the molecule is Cc1ccc(C(C(=O)NC(C)(C)C)N(C(=O)c2csnn2)c2ccccc2Cl)o1. The molecule has 0 fully saturated rings. The van der Waals surface area contributed by atoms with Crippen LogP contribution >= 0.6 is 23.1 Å². The Hall–Kier alpha value is -2.71. The third-order valence-electron chi connectivity index (χ3n) is 3.95. The van der Waals surface area contributed by atoms with E-state index in [4.69, 9.17) is 16.0 Å². The molecule has 1 atom stereocenters. The molecule has 29 heavy (non-hydrogen) atoms. The minimum absolute atomic E-state index is 0.117. The first-order valence-electron chi connectivity index (χ1n) is 8.91. The van der Waals surface area contributed by atoms with Crippen LogP contribution in [0.4, 0.5) is 5.69 Å². The van der Waals surface area contributed by atoms with E-state index in [1.165, 1.54) is 10.3 Å². The molecule has 1 N–H and O–H groups in total. The Bertz CT molecular complexity index is 1010. The molecule has 0 bridgehead atoms. The minimum atomic E-state index is -1.09. The van der Waals surface area contributed by atoms with Crippen molar-refractivity contribution in [1.29, 1.82) is 0 Å². The van der Waals surface area contributed by atoms with E-state index in [1.54, 1.807) is 43.3 Å². The van der Waals surface area contributed by atoms with Crippen molar-refractivity contribution in [3.05, 3.63) is 64.0 Å². The number of hydrogen-bond acceptors (Lipinski definition) is 6. The van der Waals surface area contributed by atoms with Gasteiger partial charge in [-0.3, -0.25) is 14.5 Å². The van der Waals surface area contributed by atoms with Gasteiger partial charge in [-0.2, -0.15) is 0 Å². The third kappa shape index (κ3) is 4.83. The average molecular weight is 433 g/mol. The number of hydrogen-bond donors (Lipinski definition) is 1. The molecule has 1 aromatic carbocycles. The summed E-state index contributed by atoms with van der Waals surface area (Å²) in [4.78, 5) is 28.0. The molecule has 0 aliphatic carbocycles. The summed E-state index contributed by atoms with van der Waals surface area (Å²) >= 11 is 7.46. The van der Waals surface area contributed by atoms with Crippen LogP contribution in [0.15, 0.2) is 46.2 Å². The lowest BCUT2D eigenvalue weighted by Gasteiger charge is -2.32. The first-order valence-corrected chi connectivity index (χ1v) is 10.1. The number of nitrogens with one attached hydrogen (secondary N) is 1. The Balaban J connectivity index is 2.18. The van der Waals surface area contributed by atoms with Gasteiger partial charge in [0, 0.05) is 10.9 Å². The first kappa shape index (κ1) is 21.0. The van der Waals surface area contributed by atoms with Gasteiger partial charge in [0.25, 0.3) is 11.8 Å². The van der Waals surface area contributed by atoms with Crippen LogP contribution in [-0.4, -0.2) is 26.9 Å². The quantitative estimate of drug-likeness (QED) is 0.645. The molecule has 0 saturated carbocycles. The molecule has 2 heterocycles. The number of anilines is 1. The molecular formula is C20H21ClN4O3S. The van der Waals surface area contributed by atoms with Crippen molar-refractivity contribution >= 4 is 40.6 Å². The van der Waals surface area contributed by atoms with Gasteiger partial charge in [0.05, 0.1) is 10.7 Å². The van der Waals surface area contributed by atoms with E-state index in [2.05, 4.69) is 14.9 Å². The lowest BCUT2D eigenvalue weighted by Crippen LogP contribution is -2.49. The van der Waals surface area contributed by atoms with E-state index in [0.717, 1.165) is 11.5 Å². The lowest BCUT2D eigenvalue weighted by molar-refractivity contribution is -0.124. The second kappa shape index (κ2) is 8.34. The van der Waals surface area contributed by atoms with Crippen molar-refractivity contribution in [2.24, 2.45) is 0 Å². The molecule has 1 unspecified atom stereocenters. The molecule has 0 spiro atoms. The standard InChI is InChI=1S/C20H21ClN4O3S/c1-12-9-10-16(28-12)17(18(26)22-20(2,3)4)25(15-8-6-5-7-13(15)21)19(27)14-11-29-24-23-14/h5-11,17H,1-4H3,(H,22,26). The number of halogens is 1. The molecule has 0 aliphatic heterocycles. The molecule has 2 amide bonds. The average Bonchev–Trinajstić information content (AvgIpc) is 3.30. The highest BCUT2D eigenvalue weighted by atomic mass is 35.5. The van der Waals surface area contributed by atoms with E-state index in [9.17, 15) is 9.59 Å². The number of nitrogens with zero attached hydrogens (tertiary/aromatic N) is 3. The van der Waals surface area contributed by atoms with Crippen LogP contribution in [0.1, 0.15) is 48.8 Å². The van der Waals surface area contributed by atoms with Crippen LogP contribution < -0.4 is 10.2 Å². The Morgan fingerprint density at radius 3 is 2.48 bits per heavy atom. The van der Waals surface area contributed by atoms with Gasteiger partial charge in [0.2, 0.25) is 0 Å². The fourth-order valence-electron chi connectivity index (χ4n) is 2.81. The van der Waals surface area contributed by atoms with E-state index >= 15 is 0 Å². The summed E-state index contributed by atoms with van der Waals surface area (Å²) in [6.45, 7) is 7.36. The topological polar surface area (TPSA) is 88.3 Å². The molecule has 3 aromatic rings. The molecule has 3 rings (SSSR count). The van der Waals surface area contributed by atoms with Gasteiger partial charge in [0.1, 0.15) is 11.5 Å². The number of carbonyl (C=O) groups is 2. The Morgan fingerprint density at radius 2 is 1.93 bits per heavy atom. The fourth-order valence-corrected chi connectivity index (χ4v) is 3.46. The first-order chi connectivity index (χ1) is 13.7. The predicted octanol–water partition coefficient (Wildman–Crippen LogP) is 4.40. The maximum Gasteiger partial charge on any atom is 0.280 e. The fraction of sp³-hybridized carbons (Fsp3) is 0.300.